The Morgan fingerprint density at radius 1 is 0.941 bits per heavy atom. The molecule has 0 amide bonds. The fraction of sp³-hybridized carbons (Fsp3) is 0.231. The zero-order valence-electron chi connectivity index (χ0n) is 9.74. The largest absolute Gasteiger partial charge is 0.345 e. The number of hydrogen-bond acceptors (Lipinski definition) is 2. The van der Waals surface area contributed by atoms with Gasteiger partial charge < -0.3 is 9.97 Å². The molecule has 0 spiro atoms. The van der Waals surface area contributed by atoms with Crippen LogP contribution in [0.4, 0.5) is 0 Å². The van der Waals surface area contributed by atoms with Crippen LogP contribution in [0.15, 0.2) is 37.7 Å². The third-order valence-corrected chi connectivity index (χ3v) is 2.42. The van der Waals surface area contributed by atoms with E-state index in [0.717, 1.165) is 42.3 Å². The molecular formula is C13H16N4. The van der Waals surface area contributed by atoms with E-state index in [2.05, 4.69) is 33.1 Å². The van der Waals surface area contributed by atoms with Gasteiger partial charge in [0.1, 0.15) is 11.6 Å². The molecular weight excluding hydrogens is 212 g/mol. The molecule has 2 N–H and O–H groups in total. The van der Waals surface area contributed by atoms with E-state index in [1.807, 2.05) is 24.5 Å². The van der Waals surface area contributed by atoms with Gasteiger partial charge in [-0.25, -0.2) is 9.97 Å². The van der Waals surface area contributed by atoms with Crippen LogP contribution in [-0.4, -0.2) is 19.9 Å². The maximum atomic E-state index is 4.27. The highest BCUT2D eigenvalue weighted by Gasteiger charge is 2.03. The SMILES string of the molecule is C=CCc1ncc(Cc2cnc(CC=C)[nH]2)[nH]1. The summed E-state index contributed by atoms with van der Waals surface area (Å²) < 4.78 is 0. The monoisotopic (exact) mass is 228 g/mol. The van der Waals surface area contributed by atoms with Crippen molar-refractivity contribution in [1.82, 2.24) is 19.9 Å². The van der Waals surface area contributed by atoms with E-state index in [9.17, 15) is 0 Å². The molecule has 2 aromatic heterocycles. The highest BCUT2D eigenvalue weighted by molar-refractivity contribution is 5.14. The van der Waals surface area contributed by atoms with Crippen LogP contribution in [0.2, 0.25) is 0 Å². The third kappa shape index (κ3) is 2.93. The zero-order chi connectivity index (χ0) is 12.1. The molecule has 0 radical (unpaired) electrons. The fourth-order valence-corrected chi connectivity index (χ4v) is 1.68. The Labute approximate surface area is 101 Å². The molecule has 0 bridgehead atoms. The molecule has 0 saturated carbocycles. The van der Waals surface area contributed by atoms with Gasteiger partial charge in [-0.05, 0) is 0 Å². The quantitative estimate of drug-likeness (QED) is 0.744. The second kappa shape index (κ2) is 5.30. The van der Waals surface area contributed by atoms with Crippen LogP contribution in [0.3, 0.4) is 0 Å². The molecule has 0 unspecified atom stereocenters. The molecule has 0 fully saturated rings. The Bertz CT molecular complexity index is 461. The van der Waals surface area contributed by atoms with Gasteiger partial charge >= 0.3 is 0 Å². The van der Waals surface area contributed by atoms with E-state index in [4.69, 9.17) is 0 Å². The highest BCUT2D eigenvalue weighted by atomic mass is 14.9. The normalized spacial score (nSPS) is 10.4. The van der Waals surface area contributed by atoms with Crippen molar-refractivity contribution in [1.29, 1.82) is 0 Å². The van der Waals surface area contributed by atoms with Crippen LogP contribution in [0, 0.1) is 0 Å². The standard InChI is InChI=1S/C13H16N4/c1-3-5-12-14-8-10(16-12)7-11-9-15-13(17-11)6-4-2/h3-4,8-9H,1-2,5-7H2,(H,14,16)(H,15,17). The first-order chi connectivity index (χ1) is 8.31. The summed E-state index contributed by atoms with van der Waals surface area (Å²) in [6, 6.07) is 0. The lowest BCUT2D eigenvalue weighted by Gasteiger charge is -1.94. The molecule has 2 aromatic rings. The van der Waals surface area contributed by atoms with Gasteiger partial charge in [0.05, 0.1) is 0 Å². The molecule has 88 valence electrons. The average molecular weight is 228 g/mol. The molecule has 2 heterocycles. The Morgan fingerprint density at radius 3 is 1.82 bits per heavy atom. The molecule has 4 nitrogen and oxygen atoms in total. The predicted molar refractivity (Wildman–Crippen MR) is 67.8 cm³/mol. The van der Waals surface area contributed by atoms with E-state index in [-0.39, 0.29) is 0 Å². The van der Waals surface area contributed by atoms with Gasteiger partial charge in [0, 0.05) is 43.0 Å². The number of imidazole rings is 2. The van der Waals surface area contributed by atoms with Crippen molar-refractivity contribution in [2.75, 3.05) is 0 Å². The molecule has 2 rings (SSSR count). The van der Waals surface area contributed by atoms with E-state index in [0.29, 0.717) is 0 Å². The second-order valence-corrected chi connectivity index (χ2v) is 3.87. The van der Waals surface area contributed by atoms with Crippen LogP contribution < -0.4 is 0 Å². The predicted octanol–water partition coefficient (Wildman–Crippen LogP) is 2.18. The van der Waals surface area contributed by atoms with Crippen molar-refractivity contribution < 1.29 is 0 Å². The minimum absolute atomic E-state index is 0.769. The Morgan fingerprint density at radius 2 is 1.41 bits per heavy atom. The zero-order valence-corrected chi connectivity index (χ0v) is 9.74. The van der Waals surface area contributed by atoms with E-state index in [1.165, 1.54) is 0 Å². The maximum Gasteiger partial charge on any atom is 0.110 e. The van der Waals surface area contributed by atoms with Gasteiger partial charge in [-0.1, -0.05) is 12.2 Å². The van der Waals surface area contributed by atoms with Crippen molar-refractivity contribution >= 4 is 0 Å². The first kappa shape index (κ1) is 11.4. The molecule has 0 aromatic carbocycles. The average Bonchev–Trinajstić information content (AvgIpc) is 2.91. The minimum atomic E-state index is 0.769. The highest BCUT2D eigenvalue weighted by Crippen LogP contribution is 2.07. The Kier molecular flexibility index (Phi) is 3.55. The van der Waals surface area contributed by atoms with Gasteiger partial charge in [-0.15, -0.1) is 13.2 Å². The summed E-state index contributed by atoms with van der Waals surface area (Å²) in [4.78, 5) is 15.0. The number of aromatic nitrogens is 4. The summed E-state index contributed by atoms with van der Waals surface area (Å²) in [5.74, 6) is 1.89. The first-order valence-corrected chi connectivity index (χ1v) is 5.59. The summed E-state index contributed by atoms with van der Waals surface area (Å²) in [7, 11) is 0. The minimum Gasteiger partial charge on any atom is -0.345 e. The van der Waals surface area contributed by atoms with Gasteiger partial charge in [0.2, 0.25) is 0 Å². The van der Waals surface area contributed by atoms with E-state index in [1.54, 1.807) is 0 Å². The van der Waals surface area contributed by atoms with Crippen molar-refractivity contribution in [3.63, 3.8) is 0 Å². The number of H-pyrrole nitrogens is 2. The molecule has 0 atom stereocenters. The topological polar surface area (TPSA) is 57.4 Å². The van der Waals surface area contributed by atoms with E-state index >= 15 is 0 Å². The van der Waals surface area contributed by atoms with Crippen LogP contribution in [0.1, 0.15) is 23.0 Å². The molecule has 4 heteroatoms. The number of aromatic amines is 2. The van der Waals surface area contributed by atoms with Crippen LogP contribution in [0.5, 0.6) is 0 Å². The number of rotatable bonds is 6. The lowest BCUT2D eigenvalue weighted by atomic mass is 10.3. The Hall–Kier alpha value is -2.10. The molecule has 0 aliphatic carbocycles. The maximum absolute atomic E-state index is 4.27. The summed E-state index contributed by atoms with van der Waals surface area (Å²) in [6.07, 6.45) is 9.70. The first-order valence-electron chi connectivity index (χ1n) is 5.59. The van der Waals surface area contributed by atoms with Crippen LogP contribution in [0.25, 0.3) is 0 Å². The molecule has 0 aliphatic heterocycles. The number of hydrogen-bond donors (Lipinski definition) is 2. The lowest BCUT2D eigenvalue weighted by molar-refractivity contribution is 0.987. The number of nitrogens with zero attached hydrogens (tertiary/aromatic N) is 2. The summed E-state index contributed by atoms with van der Waals surface area (Å²) in [5, 5.41) is 0. The van der Waals surface area contributed by atoms with Crippen molar-refractivity contribution in [2.24, 2.45) is 0 Å². The molecule has 0 saturated heterocycles. The Balaban J connectivity index is 2.02. The van der Waals surface area contributed by atoms with Gasteiger partial charge in [0.15, 0.2) is 0 Å². The summed E-state index contributed by atoms with van der Waals surface area (Å²) in [6.45, 7) is 7.37. The summed E-state index contributed by atoms with van der Waals surface area (Å²) in [5.41, 5.74) is 2.16. The molecule has 0 aliphatic rings. The van der Waals surface area contributed by atoms with Crippen LogP contribution >= 0.6 is 0 Å². The van der Waals surface area contributed by atoms with E-state index < -0.39 is 0 Å². The van der Waals surface area contributed by atoms with Gasteiger partial charge in [-0.3, -0.25) is 0 Å². The summed E-state index contributed by atoms with van der Waals surface area (Å²) >= 11 is 0. The van der Waals surface area contributed by atoms with Gasteiger partial charge in [-0.2, -0.15) is 0 Å². The smallest absolute Gasteiger partial charge is 0.110 e. The lowest BCUT2D eigenvalue weighted by Crippen LogP contribution is -1.91. The van der Waals surface area contributed by atoms with Crippen molar-refractivity contribution in [3.05, 3.63) is 60.7 Å². The van der Waals surface area contributed by atoms with Crippen LogP contribution in [-0.2, 0) is 19.3 Å². The van der Waals surface area contributed by atoms with Gasteiger partial charge in [0.25, 0.3) is 0 Å². The number of nitrogens with one attached hydrogen (secondary N) is 2. The van der Waals surface area contributed by atoms with Crippen molar-refractivity contribution in [2.45, 2.75) is 19.3 Å². The second-order valence-electron chi connectivity index (χ2n) is 3.87. The third-order valence-electron chi connectivity index (χ3n) is 2.42. The van der Waals surface area contributed by atoms with Crippen molar-refractivity contribution in [3.8, 4) is 0 Å². The number of allylic oxidation sites excluding steroid dienone is 2. The fourth-order valence-electron chi connectivity index (χ4n) is 1.68. The molecule has 17 heavy (non-hydrogen) atoms.